The van der Waals surface area contributed by atoms with Crippen molar-refractivity contribution in [2.75, 3.05) is 0 Å². The molecule has 0 unspecified atom stereocenters. The van der Waals surface area contributed by atoms with E-state index < -0.39 is 12.0 Å². The molecule has 0 radical (unpaired) electrons. The molecule has 1 aromatic heterocycles. The monoisotopic (exact) mass is 210 g/mol. The van der Waals surface area contributed by atoms with Crippen LogP contribution < -0.4 is 0 Å². The second kappa shape index (κ2) is 4.57. The van der Waals surface area contributed by atoms with Crippen molar-refractivity contribution in [3.8, 4) is 0 Å². The van der Waals surface area contributed by atoms with Crippen LogP contribution in [0.4, 0.5) is 0 Å². The zero-order valence-corrected chi connectivity index (χ0v) is 9.69. The summed E-state index contributed by atoms with van der Waals surface area (Å²) in [5, 5.41) is 13.7. The molecule has 0 spiro atoms. The van der Waals surface area contributed by atoms with Crippen molar-refractivity contribution in [2.24, 2.45) is 5.92 Å². The second-order valence-corrected chi connectivity index (χ2v) is 3.94. The van der Waals surface area contributed by atoms with Gasteiger partial charge in [0, 0.05) is 5.69 Å². The molecule has 1 N–H and O–H groups in total. The van der Waals surface area contributed by atoms with E-state index in [0.29, 0.717) is 6.42 Å². The van der Waals surface area contributed by atoms with Gasteiger partial charge in [0.25, 0.3) is 5.91 Å². The molecule has 0 aliphatic heterocycles. The molecule has 1 aromatic rings. The highest BCUT2D eigenvalue weighted by atomic mass is 16.3. The number of aliphatic hydroxyl groups excluding tert-OH is 1. The molecule has 1 rings (SSSR count). The van der Waals surface area contributed by atoms with Crippen LogP contribution in [-0.4, -0.2) is 26.9 Å². The van der Waals surface area contributed by atoms with Crippen molar-refractivity contribution >= 4 is 5.91 Å². The van der Waals surface area contributed by atoms with E-state index in [1.54, 1.807) is 6.92 Å². The third kappa shape index (κ3) is 2.45. The minimum Gasteiger partial charge on any atom is -0.392 e. The van der Waals surface area contributed by atoms with Gasteiger partial charge >= 0.3 is 0 Å². The van der Waals surface area contributed by atoms with E-state index in [9.17, 15) is 9.90 Å². The fourth-order valence-electron chi connectivity index (χ4n) is 1.56. The summed E-state index contributed by atoms with van der Waals surface area (Å²) in [6.07, 6.45) is -0.0203. The SMILES string of the molecule is CC[C@H](O)[C@H](C)C(=O)n1nc(C)cc1C. The van der Waals surface area contributed by atoms with Gasteiger partial charge in [0.05, 0.1) is 17.7 Å². The Balaban J connectivity index is 2.89. The third-order valence-corrected chi connectivity index (χ3v) is 2.60. The molecule has 0 aliphatic carbocycles. The van der Waals surface area contributed by atoms with Gasteiger partial charge in [-0.05, 0) is 26.3 Å². The molecular formula is C11H18N2O2. The van der Waals surface area contributed by atoms with Gasteiger partial charge in [-0.15, -0.1) is 0 Å². The summed E-state index contributed by atoms with van der Waals surface area (Å²) in [6, 6.07) is 1.85. The lowest BCUT2D eigenvalue weighted by Gasteiger charge is -2.16. The third-order valence-electron chi connectivity index (χ3n) is 2.60. The molecule has 0 saturated carbocycles. The maximum absolute atomic E-state index is 11.9. The molecule has 1 heterocycles. The lowest BCUT2D eigenvalue weighted by atomic mass is 10.0. The summed E-state index contributed by atoms with van der Waals surface area (Å²) >= 11 is 0. The van der Waals surface area contributed by atoms with Gasteiger partial charge in [0.1, 0.15) is 0 Å². The van der Waals surface area contributed by atoms with Crippen LogP contribution in [-0.2, 0) is 0 Å². The minimum absolute atomic E-state index is 0.144. The van der Waals surface area contributed by atoms with Crippen molar-refractivity contribution in [3.63, 3.8) is 0 Å². The van der Waals surface area contributed by atoms with E-state index in [1.165, 1.54) is 4.68 Å². The predicted molar refractivity (Wildman–Crippen MR) is 57.8 cm³/mol. The van der Waals surface area contributed by atoms with E-state index in [-0.39, 0.29) is 5.91 Å². The summed E-state index contributed by atoms with van der Waals surface area (Å²) in [5.74, 6) is -0.553. The van der Waals surface area contributed by atoms with Gasteiger partial charge < -0.3 is 5.11 Å². The Kier molecular flexibility index (Phi) is 3.63. The summed E-state index contributed by atoms with van der Waals surface area (Å²) < 4.78 is 1.37. The Labute approximate surface area is 89.9 Å². The summed E-state index contributed by atoms with van der Waals surface area (Å²) in [6.45, 7) is 7.27. The number of carbonyl (C=O) groups excluding carboxylic acids is 1. The molecule has 0 fully saturated rings. The van der Waals surface area contributed by atoms with Gasteiger partial charge in [-0.3, -0.25) is 4.79 Å². The molecule has 84 valence electrons. The first-order valence-electron chi connectivity index (χ1n) is 5.23. The van der Waals surface area contributed by atoms with Gasteiger partial charge in [0.2, 0.25) is 0 Å². The Bertz CT molecular complexity index is 357. The van der Waals surface area contributed by atoms with E-state index >= 15 is 0 Å². The first kappa shape index (κ1) is 11.9. The van der Waals surface area contributed by atoms with E-state index in [2.05, 4.69) is 5.10 Å². The fraction of sp³-hybridized carbons (Fsp3) is 0.636. The number of aromatic nitrogens is 2. The highest BCUT2D eigenvalue weighted by molar-refractivity contribution is 5.81. The lowest BCUT2D eigenvalue weighted by molar-refractivity contribution is 0.0604. The summed E-state index contributed by atoms with van der Waals surface area (Å²) in [7, 11) is 0. The number of hydrogen-bond acceptors (Lipinski definition) is 3. The van der Waals surface area contributed by atoms with Crippen LogP contribution in [0.25, 0.3) is 0 Å². The second-order valence-electron chi connectivity index (χ2n) is 3.94. The predicted octanol–water partition coefficient (Wildman–Crippen LogP) is 1.55. The van der Waals surface area contributed by atoms with Crippen LogP contribution in [0.15, 0.2) is 6.07 Å². The van der Waals surface area contributed by atoms with Crippen molar-refractivity contribution < 1.29 is 9.90 Å². The Morgan fingerprint density at radius 3 is 2.60 bits per heavy atom. The number of carbonyl (C=O) groups is 1. The number of hydrogen-bond donors (Lipinski definition) is 1. The zero-order valence-electron chi connectivity index (χ0n) is 9.69. The minimum atomic E-state index is -0.596. The highest BCUT2D eigenvalue weighted by Gasteiger charge is 2.23. The average molecular weight is 210 g/mol. The first-order chi connectivity index (χ1) is 6.97. The molecular weight excluding hydrogens is 192 g/mol. The van der Waals surface area contributed by atoms with Crippen LogP contribution in [0.2, 0.25) is 0 Å². The van der Waals surface area contributed by atoms with Crippen molar-refractivity contribution in [1.29, 1.82) is 0 Å². The maximum atomic E-state index is 11.9. The quantitative estimate of drug-likeness (QED) is 0.823. The van der Waals surface area contributed by atoms with Gasteiger partial charge in [-0.2, -0.15) is 5.10 Å². The molecule has 4 nitrogen and oxygen atoms in total. The first-order valence-corrected chi connectivity index (χ1v) is 5.23. The van der Waals surface area contributed by atoms with Crippen molar-refractivity contribution in [1.82, 2.24) is 9.78 Å². The normalized spacial score (nSPS) is 15.0. The maximum Gasteiger partial charge on any atom is 0.252 e. The summed E-state index contributed by atoms with van der Waals surface area (Å²) in [5.41, 5.74) is 1.63. The fourth-order valence-corrected chi connectivity index (χ4v) is 1.56. The molecule has 0 bridgehead atoms. The van der Waals surface area contributed by atoms with Crippen LogP contribution >= 0.6 is 0 Å². The molecule has 0 aliphatic rings. The van der Waals surface area contributed by atoms with E-state index in [1.807, 2.05) is 26.8 Å². The number of aliphatic hydroxyl groups is 1. The molecule has 0 aromatic carbocycles. The zero-order chi connectivity index (χ0) is 11.6. The number of rotatable bonds is 3. The average Bonchev–Trinajstić information content (AvgIpc) is 2.54. The standard InChI is InChI=1S/C11H18N2O2/c1-5-10(14)9(4)11(15)13-8(3)6-7(2)12-13/h6,9-10,14H,5H2,1-4H3/t9-,10-/m0/s1. The van der Waals surface area contributed by atoms with E-state index in [0.717, 1.165) is 11.4 Å². The molecule has 4 heteroatoms. The largest absolute Gasteiger partial charge is 0.392 e. The number of nitrogens with zero attached hydrogens (tertiary/aromatic N) is 2. The Hall–Kier alpha value is -1.16. The van der Waals surface area contributed by atoms with Crippen LogP contribution in [0.5, 0.6) is 0 Å². The number of aryl methyl sites for hydroxylation is 2. The Morgan fingerprint density at radius 1 is 1.60 bits per heavy atom. The van der Waals surface area contributed by atoms with E-state index in [4.69, 9.17) is 0 Å². The molecule has 0 saturated heterocycles. The van der Waals surface area contributed by atoms with Crippen LogP contribution in [0.1, 0.15) is 36.5 Å². The van der Waals surface area contributed by atoms with Crippen molar-refractivity contribution in [2.45, 2.75) is 40.2 Å². The lowest BCUT2D eigenvalue weighted by Crippen LogP contribution is -2.30. The highest BCUT2D eigenvalue weighted by Crippen LogP contribution is 2.12. The molecule has 15 heavy (non-hydrogen) atoms. The van der Waals surface area contributed by atoms with Gasteiger partial charge in [-0.1, -0.05) is 13.8 Å². The van der Waals surface area contributed by atoms with Gasteiger partial charge in [-0.25, -0.2) is 4.68 Å². The molecule has 0 amide bonds. The van der Waals surface area contributed by atoms with Crippen LogP contribution in [0, 0.1) is 19.8 Å². The Morgan fingerprint density at radius 2 is 2.20 bits per heavy atom. The molecule has 2 atom stereocenters. The van der Waals surface area contributed by atoms with Crippen LogP contribution in [0.3, 0.4) is 0 Å². The van der Waals surface area contributed by atoms with Gasteiger partial charge in [0.15, 0.2) is 0 Å². The van der Waals surface area contributed by atoms with Crippen molar-refractivity contribution in [3.05, 3.63) is 17.5 Å². The smallest absolute Gasteiger partial charge is 0.252 e. The summed E-state index contributed by atoms with van der Waals surface area (Å²) in [4.78, 5) is 11.9. The topological polar surface area (TPSA) is 55.1 Å².